The summed E-state index contributed by atoms with van der Waals surface area (Å²) < 4.78 is 109. The number of nitrogens with zero attached hydrogens (tertiary/aromatic N) is 2. The van der Waals surface area contributed by atoms with Gasteiger partial charge in [-0.25, -0.2) is 34.8 Å². The second-order valence-corrected chi connectivity index (χ2v) is 8.03. The fourth-order valence-electron chi connectivity index (χ4n) is 2.65. The highest BCUT2D eigenvalue weighted by Crippen LogP contribution is 2.30. The summed E-state index contributed by atoms with van der Waals surface area (Å²) in [6, 6.07) is 7.33. The molecule has 0 amide bonds. The third kappa shape index (κ3) is 4.17. The Hall–Kier alpha value is -2.92. The molecule has 0 atom stereocenters. The monoisotopic (exact) mass is 446 g/mol. The molecule has 0 fully saturated rings. The van der Waals surface area contributed by atoms with Gasteiger partial charge in [-0.05, 0) is 35.4 Å². The van der Waals surface area contributed by atoms with Crippen LogP contribution in [0.25, 0.3) is 0 Å². The SMILES string of the molecule is O=S(=O)(c1c(F)c(F)c(F)c(F)c1F)N(Cc1ccncc1)Cc1ccc(F)cc1. The zero-order valence-electron chi connectivity index (χ0n) is 14.9. The number of hydrogen-bond donors (Lipinski definition) is 0. The van der Waals surface area contributed by atoms with Gasteiger partial charge in [-0.2, -0.15) is 4.31 Å². The Kier molecular flexibility index (Phi) is 6.13. The van der Waals surface area contributed by atoms with Crippen molar-refractivity contribution in [3.8, 4) is 0 Å². The van der Waals surface area contributed by atoms with E-state index in [1.165, 1.54) is 36.7 Å². The summed E-state index contributed by atoms with van der Waals surface area (Å²) in [4.78, 5) is 1.79. The minimum atomic E-state index is -5.21. The van der Waals surface area contributed by atoms with Gasteiger partial charge in [-0.15, -0.1) is 0 Å². The molecule has 0 radical (unpaired) electrons. The Morgan fingerprint density at radius 3 is 1.60 bits per heavy atom. The summed E-state index contributed by atoms with van der Waals surface area (Å²) in [6.07, 6.45) is 2.66. The third-order valence-electron chi connectivity index (χ3n) is 4.15. The van der Waals surface area contributed by atoms with Gasteiger partial charge in [0.2, 0.25) is 15.8 Å². The molecule has 158 valence electrons. The van der Waals surface area contributed by atoms with Crippen LogP contribution < -0.4 is 0 Å². The van der Waals surface area contributed by atoms with Gasteiger partial charge in [0.15, 0.2) is 28.2 Å². The molecule has 0 saturated heterocycles. The molecule has 0 N–H and O–H groups in total. The smallest absolute Gasteiger partial charge is 0.249 e. The molecule has 0 spiro atoms. The molecule has 0 aliphatic rings. The molecular formula is C19H12F6N2O2S. The number of benzene rings is 2. The van der Waals surface area contributed by atoms with E-state index in [-0.39, 0.29) is 5.56 Å². The maximum Gasteiger partial charge on any atom is 0.249 e. The number of aromatic nitrogens is 1. The largest absolute Gasteiger partial charge is 0.265 e. The van der Waals surface area contributed by atoms with Crippen LogP contribution >= 0.6 is 0 Å². The van der Waals surface area contributed by atoms with Gasteiger partial charge in [-0.1, -0.05) is 12.1 Å². The Morgan fingerprint density at radius 2 is 1.10 bits per heavy atom. The lowest BCUT2D eigenvalue weighted by Crippen LogP contribution is -2.32. The van der Waals surface area contributed by atoms with Crippen molar-refractivity contribution in [2.45, 2.75) is 18.0 Å². The fraction of sp³-hybridized carbons (Fsp3) is 0.105. The van der Waals surface area contributed by atoms with Crippen LogP contribution in [0.5, 0.6) is 0 Å². The average molecular weight is 446 g/mol. The normalized spacial score (nSPS) is 11.8. The molecule has 0 unspecified atom stereocenters. The molecule has 1 heterocycles. The van der Waals surface area contributed by atoms with Crippen LogP contribution in [-0.2, 0) is 23.1 Å². The van der Waals surface area contributed by atoms with E-state index >= 15 is 0 Å². The summed E-state index contributed by atoms with van der Waals surface area (Å²) in [5.41, 5.74) is 0.553. The first-order chi connectivity index (χ1) is 14.1. The molecule has 2 aromatic carbocycles. The highest BCUT2D eigenvalue weighted by atomic mass is 32.2. The summed E-state index contributed by atoms with van der Waals surface area (Å²) in [6.45, 7) is -0.994. The van der Waals surface area contributed by atoms with E-state index in [1.807, 2.05) is 0 Å². The average Bonchev–Trinajstić information content (AvgIpc) is 2.72. The molecule has 3 aromatic rings. The summed E-state index contributed by atoms with van der Waals surface area (Å²) >= 11 is 0. The van der Waals surface area contributed by atoms with E-state index in [0.29, 0.717) is 9.87 Å². The fourth-order valence-corrected chi connectivity index (χ4v) is 4.18. The van der Waals surface area contributed by atoms with E-state index in [1.54, 1.807) is 0 Å². The summed E-state index contributed by atoms with van der Waals surface area (Å²) in [5.74, 6) is -12.8. The minimum Gasteiger partial charge on any atom is -0.265 e. The van der Waals surface area contributed by atoms with Crippen molar-refractivity contribution in [1.29, 1.82) is 0 Å². The van der Waals surface area contributed by atoms with Gasteiger partial charge < -0.3 is 0 Å². The molecule has 11 heteroatoms. The van der Waals surface area contributed by atoms with E-state index in [0.717, 1.165) is 12.1 Å². The standard InChI is InChI=1S/C19H12F6N2O2S/c20-13-3-1-11(2-4-13)9-27(10-12-5-7-26-8-6-12)30(28,29)19-17(24)15(22)14(21)16(23)18(19)25/h1-8H,9-10H2. The van der Waals surface area contributed by atoms with Crippen molar-refractivity contribution in [3.63, 3.8) is 0 Å². The number of halogens is 6. The predicted molar refractivity (Wildman–Crippen MR) is 93.3 cm³/mol. The van der Waals surface area contributed by atoms with Crippen LogP contribution in [0.2, 0.25) is 0 Å². The first kappa shape index (κ1) is 21.8. The maximum absolute atomic E-state index is 14.2. The molecule has 1 aromatic heterocycles. The van der Waals surface area contributed by atoms with Crippen LogP contribution in [0.4, 0.5) is 26.3 Å². The van der Waals surface area contributed by atoms with Gasteiger partial charge in [0.1, 0.15) is 5.82 Å². The molecule has 4 nitrogen and oxygen atoms in total. The van der Waals surface area contributed by atoms with Crippen molar-refractivity contribution in [3.05, 3.63) is 94.8 Å². The van der Waals surface area contributed by atoms with Crippen LogP contribution in [0.3, 0.4) is 0 Å². The lowest BCUT2D eigenvalue weighted by atomic mass is 10.2. The van der Waals surface area contributed by atoms with Gasteiger partial charge in [0.05, 0.1) is 0 Å². The molecule has 30 heavy (non-hydrogen) atoms. The van der Waals surface area contributed by atoms with E-state index in [9.17, 15) is 34.8 Å². The minimum absolute atomic E-state index is 0.220. The third-order valence-corrected chi connectivity index (χ3v) is 5.96. The maximum atomic E-state index is 14.2. The first-order valence-corrected chi connectivity index (χ1v) is 9.72. The number of pyridine rings is 1. The lowest BCUT2D eigenvalue weighted by Gasteiger charge is -2.23. The Morgan fingerprint density at radius 1 is 0.667 bits per heavy atom. The van der Waals surface area contributed by atoms with Gasteiger partial charge >= 0.3 is 0 Å². The molecule has 0 saturated carbocycles. The highest BCUT2D eigenvalue weighted by molar-refractivity contribution is 7.89. The van der Waals surface area contributed by atoms with Crippen molar-refractivity contribution >= 4 is 10.0 Å². The molecule has 0 bridgehead atoms. The second kappa shape index (κ2) is 8.44. The quantitative estimate of drug-likeness (QED) is 0.322. The highest BCUT2D eigenvalue weighted by Gasteiger charge is 2.37. The van der Waals surface area contributed by atoms with Crippen molar-refractivity contribution in [1.82, 2.24) is 9.29 Å². The van der Waals surface area contributed by atoms with Crippen molar-refractivity contribution in [2.75, 3.05) is 0 Å². The van der Waals surface area contributed by atoms with Crippen LogP contribution in [-0.4, -0.2) is 17.7 Å². The number of rotatable bonds is 6. The Bertz CT molecular complexity index is 1140. The zero-order chi connectivity index (χ0) is 22.1. The van der Waals surface area contributed by atoms with Crippen molar-refractivity contribution in [2.24, 2.45) is 0 Å². The predicted octanol–water partition coefficient (Wildman–Crippen LogP) is 4.31. The van der Waals surface area contributed by atoms with Gasteiger partial charge in [0, 0.05) is 25.5 Å². The molecule has 0 aliphatic heterocycles. The van der Waals surface area contributed by atoms with Crippen LogP contribution in [0.15, 0.2) is 53.7 Å². The Balaban J connectivity index is 2.13. The lowest BCUT2D eigenvalue weighted by molar-refractivity contribution is 0.346. The van der Waals surface area contributed by atoms with E-state index in [2.05, 4.69) is 4.98 Å². The van der Waals surface area contributed by atoms with Crippen LogP contribution in [0, 0.1) is 34.9 Å². The van der Waals surface area contributed by atoms with Crippen LogP contribution in [0.1, 0.15) is 11.1 Å². The van der Waals surface area contributed by atoms with Crippen molar-refractivity contribution < 1.29 is 34.8 Å². The first-order valence-electron chi connectivity index (χ1n) is 8.28. The van der Waals surface area contributed by atoms with E-state index in [4.69, 9.17) is 0 Å². The van der Waals surface area contributed by atoms with E-state index < -0.39 is 62.9 Å². The van der Waals surface area contributed by atoms with Gasteiger partial charge in [-0.3, -0.25) is 4.98 Å². The number of sulfonamides is 1. The Labute approximate surface area is 167 Å². The summed E-state index contributed by atoms with van der Waals surface area (Å²) in [5, 5.41) is 0. The zero-order valence-corrected chi connectivity index (χ0v) is 15.7. The topological polar surface area (TPSA) is 50.3 Å². The van der Waals surface area contributed by atoms with Gasteiger partial charge in [0.25, 0.3) is 0 Å². The molecule has 0 aliphatic carbocycles. The molecular weight excluding hydrogens is 434 g/mol. The summed E-state index contributed by atoms with van der Waals surface area (Å²) in [7, 11) is -5.21. The second-order valence-electron chi connectivity index (χ2n) is 6.15. The number of hydrogen-bond acceptors (Lipinski definition) is 3. The molecule has 3 rings (SSSR count).